The summed E-state index contributed by atoms with van der Waals surface area (Å²) >= 11 is 0. The van der Waals surface area contributed by atoms with E-state index in [1.807, 2.05) is 9.58 Å². The van der Waals surface area contributed by atoms with Crippen molar-refractivity contribution in [1.82, 2.24) is 30.0 Å². The lowest BCUT2D eigenvalue weighted by Crippen LogP contribution is -2.48. The number of ether oxygens (including phenoxy) is 1. The molecule has 0 radical (unpaired) electrons. The molecule has 9 nitrogen and oxygen atoms in total. The van der Waals surface area contributed by atoms with Crippen LogP contribution in [-0.4, -0.2) is 74.8 Å². The molecule has 4 rings (SSSR count). The zero-order chi connectivity index (χ0) is 17.1. The van der Waals surface area contributed by atoms with Crippen molar-refractivity contribution in [3.8, 4) is 0 Å². The molecule has 2 fully saturated rings. The van der Waals surface area contributed by atoms with Gasteiger partial charge in [-0.1, -0.05) is 0 Å². The van der Waals surface area contributed by atoms with Gasteiger partial charge < -0.3 is 14.1 Å². The van der Waals surface area contributed by atoms with Gasteiger partial charge in [0.05, 0.1) is 25.5 Å². The van der Waals surface area contributed by atoms with Crippen molar-refractivity contribution in [3.63, 3.8) is 0 Å². The third-order valence-electron chi connectivity index (χ3n) is 4.76. The van der Waals surface area contributed by atoms with Gasteiger partial charge in [0, 0.05) is 32.8 Å². The summed E-state index contributed by atoms with van der Waals surface area (Å²) < 4.78 is 12.7. The molecular formula is C16H22N6O3. The molecule has 2 saturated heterocycles. The van der Waals surface area contributed by atoms with Crippen LogP contribution in [0.2, 0.25) is 0 Å². The monoisotopic (exact) mass is 346 g/mol. The zero-order valence-electron chi connectivity index (χ0n) is 14.1. The Kier molecular flexibility index (Phi) is 4.75. The van der Waals surface area contributed by atoms with Crippen molar-refractivity contribution in [3.05, 3.63) is 30.0 Å². The molecule has 0 aliphatic carbocycles. The number of rotatable bonds is 5. The van der Waals surface area contributed by atoms with Crippen molar-refractivity contribution in [2.24, 2.45) is 0 Å². The van der Waals surface area contributed by atoms with Crippen LogP contribution in [0, 0.1) is 0 Å². The van der Waals surface area contributed by atoms with Crippen molar-refractivity contribution < 1.29 is 13.9 Å². The van der Waals surface area contributed by atoms with E-state index >= 15 is 0 Å². The maximum atomic E-state index is 12.3. The second-order valence-corrected chi connectivity index (χ2v) is 6.46. The summed E-state index contributed by atoms with van der Waals surface area (Å²) in [5, 5.41) is 12.1. The highest BCUT2D eigenvalue weighted by atomic mass is 16.5. The Balaban J connectivity index is 1.30. The molecule has 2 aromatic rings. The maximum absolute atomic E-state index is 12.3. The lowest BCUT2D eigenvalue weighted by atomic mass is 10.2. The van der Waals surface area contributed by atoms with Gasteiger partial charge >= 0.3 is 0 Å². The van der Waals surface area contributed by atoms with Crippen molar-refractivity contribution in [2.75, 3.05) is 32.8 Å². The summed E-state index contributed by atoms with van der Waals surface area (Å²) in [5.74, 6) is 1.20. The van der Waals surface area contributed by atoms with Crippen LogP contribution in [0.4, 0.5) is 0 Å². The SMILES string of the molecule is O=C(c1ccco1)N1CCN(Cc2nnnn2C[C@@H]2CCCO2)CC1. The van der Waals surface area contributed by atoms with Gasteiger partial charge in [0.2, 0.25) is 0 Å². The molecule has 2 aromatic heterocycles. The van der Waals surface area contributed by atoms with Crippen LogP contribution in [0.15, 0.2) is 22.8 Å². The van der Waals surface area contributed by atoms with E-state index in [1.165, 1.54) is 6.26 Å². The highest BCUT2D eigenvalue weighted by Crippen LogP contribution is 2.15. The summed E-state index contributed by atoms with van der Waals surface area (Å²) in [7, 11) is 0. The van der Waals surface area contributed by atoms with Crippen LogP contribution in [-0.2, 0) is 17.8 Å². The minimum atomic E-state index is -0.0483. The second-order valence-electron chi connectivity index (χ2n) is 6.46. The molecule has 9 heteroatoms. The third-order valence-corrected chi connectivity index (χ3v) is 4.76. The highest BCUT2D eigenvalue weighted by Gasteiger charge is 2.25. The first kappa shape index (κ1) is 16.2. The van der Waals surface area contributed by atoms with Gasteiger partial charge in [-0.3, -0.25) is 9.69 Å². The van der Waals surface area contributed by atoms with E-state index < -0.39 is 0 Å². The van der Waals surface area contributed by atoms with E-state index in [-0.39, 0.29) is 12.0 Å². The Bertz CT molecular complexity index is 687. The molecule has 0 spiro atoms. The standard InChI is InChI=1S/C16H22N6O3/c23-16(14-4-2-10-25-14)21-7-5-20(6-8-21)12-15-17-18-19-22(15)11-13-3-1-9-24-13/h2,4,10,13H,1,3,5-9,11-12H2/t13-/m0/s1. The molecule has 0 saturated carbocycles. The number of carbonyl (C=O) groups excluding carboxylic acids is 1. The quantitative estimate of drug-likeness (QED) is 0.774. The van der Waals surface area contributed by atoms with E-state index in [4.69, 9.17) is 9.15 Å². The minimum absolute atomic E-state index is 0.0483. The van der Waals surface area contributed by atoms with Crippen molar-refractivity contribution in [1.29, 1.82) is 0 Å². The number of carbonyl (C=O) groups is 1. The summed E-state index contributed by atoms with van der Waals surface area (Å²) in [5.41, 5.74) is 0. The fourth-order valence-electron chi connectivity index (χ4n) is 3.32. The maximum Gasteiger partial charge on any atom is 0.289 e. The van der Waals surface area contributed by atoms with Crippen LogP contribution in [0.3, 0.4) is 0 Å². The largest absolute Gasteiger partial charge is 0.459 e. The third kappa shape index (κ3) is 3.72. The lowest BCUT2D eigenvalue weighted by molar-refractivity contribution is 0.0588. The first-order valence-electron chi connectivity index (χ1n) is 8.71. The van der Waals surface area contributed by atoms with Crippen LogP contribution in [0.25, 0.3) is 0 Å². The molecule has 0 unspecified atom stereocenters. The van der Waals surface area contributed by atoms with Gasteiger partial charge in [-0.05, 0) is 35.4 Å². The molecule has 0 N–H and O–H groups in total. The summed E-state index contributed by atoms with van der Waals surface area (Å²) in [6, 6.07) is 3.44. The van der Waals surface area contributed by atoms with E-state index in [9.17, 15) is 4.79 Å². The van der Waals surface area contributed by atoms with Gasteiger partial charge in [-0.25, -0.2) is 4.68 Å². The molecule has 0 aromatic carbocycles. The lowest BCUT2D eigenvalue weighted by Gasteiger charge is -2.33. The highest BCUT2D eigenvalue weighted by molar-refractivity contribution is 5.91. The van der Waals surface area contributed by atoms with Gasteiger partial charge in [-0.15, -0.1) is 5.10 Å². The van der Waals surface area contributed by atoms with Crippen LogP contribution >= 0.6 is 0 Å². The van der Waals surface area contributed by atoms with E-state index in [0.29, 0.717) is 31.9 Å². The molecule has 1 amide bonds. The average molecular weight is 346 g/mol. The minimum Gasteiger partial charge on any atom is -0.459 e. The first-order chi connectivity index (χ1) is 12.3. The number of nitrogens with zero attached hydrogens (tertiary/aromatic N) is 6. The molecular weight excluding hydrogens is 324 g/mol. The Labute approximate surface area is 145 Å². The molecule has 2 aliphatic heterocycles. The molecule has 2 aliphatic rings. The summed E-state index contributed by atoms with van der Waals surface area (Å²) in [6.45, 7) is 5.15. The number of hydrogen-bond donors (Lipinski definition) is 0. The van der Waals surface area contributed by atoms with Gasteiger partial charge in [-0.2, -0.15) is 0 Å². The fraction of sp³-hybridized carbons (Fsp3) is 0.625. The van der Waals surface area contributed by atoms with E-state index in [1.54, 1.807) is 12.1 Å². The fourth-order valence-corrected chi connectivity index (χ4v) is 3.32. The Morgan fingerprint density at radius 3 is 2.88 bits per heavy atom. The normalized spacial score (nSPS) is 21.8. The number of piperazine rings is 1. The molecule has 134 valence electrons. The average Bonchev–Trinajstić information content (AvgIpc) is 3.39. The smallest absolute Gasteiger partial charge is 0.289 e. The topological polar surface area (TPSA) is 89.5 Å². The zero-order valence-corrected chi connectivity index (χ0v) is 14.1. The number of aromatic nitrogens is 4. The van der Waals surface area contributed by atoms with Crippen LogP contribution in [0.5, 0.6) is 0 Å². The first-order valence-corrected chi connectivity index (χ1v) is 8.71. The van der Waals surface area contributed by atoms with Gasteiger partial charge in [0.1, 0.15) is 0 Å². The predicted octanol–water partition coefficient (Wildman–Crippen LogP) is 0.403. The van der Waals surface area contributed by atoms with E-state index in [2.05, 4.69) is 20.4 Å². The number of hydrogen-bond acceptors (Lipinski definition) is 7. The van der Waals surface area contributed by atoms with Crippen molar-refractivity contribution in [2.45, 2.75) is 32.0 Å². The Morgan fingerprint density at radius 1 is 1.28 bits per heavy atom. The molecule has 0 bridgehead atoms. The number of furan rings is 1. The Hall–Kier alpha value is -2.26. The number of tetrazole rings is 1. The molecule has 1 atom stereocenters. The Morgan fingerprint density at radius 2 is 2.16 bits per heavy atom. The predicted molar refractivity (Wildman–Crippen MR) is 86.7 cm³/mol. The van der Waals surface area contributed by atoms with Gasteiger partial charge in [0.25, 0.3) is 5.91 Å². The van der Waals surface area contributed by atoms with Gasteiger partial charge in [0.15, 0.2) is 11.6 Å². The van der Waals surface area contributed by atoms with Crippen molar-refractivity contribution >= 4 is 5.91 Å². The molecule has 25 heavy (non-hydrogen) atoms. The number of amides is 1. The van der Waals surface area contributed by atoms with E-state index in [0.717, 1.165) is 38.4 Å². The summed E-state index contributed by atoms with van der Waals surface area (Å²) in [4.78, 5) is 16.4. The summed E-state index contributed by atoms with van der Waals surface area (Å²) in [6.07, 6.45) is 3.91. The van der Waals surface area contributed by atoms with Crippen LogP contribution < -0.4 is 0 Å². The molecule has 4 heterocycles. The second kappa shape index (κ2) is 7.32. The van der Waals surface area contributed by atoms with Crippen LogP contribution in [0.1, 0.15) is 29.2 Å².